The van der Waals surface area contributed by atoms with Gasteiger partial charge < -0.3 is 5.73 Å². The second-order valence-corrected chi connectivity index (χ2v) is 4.25. The van der Waals surface area contributed by atoms with Gasteiger partial charge in [0, 0.05) is 5.54 Å². The molecular weight excluding hydrogens is 141 g/mol. The molecule has 0 radical (unpaired) electrons. The lowest BCUT2D eigenvalue weighted by atomic mass is 9.79. The quantitative estimate of drug-likeness (QED) is 0.572. The molecule has 3 fully saturated rings. The van der Waals surface area contributed by atoms with Gasteiger partial charge in [0.1, 0.15) is 6.17 Å². The Morgan fingerprint density at radius 1 is 1.09 bits per heavy atom. The van der Waals surface area contributed by atoms with Crippen molar-refractivity contribution >= 4 is 0 Å². The summed E-state index contributed by atoms with van der Waals surface area (Å²) in [7, 11) is 0. The summed E-state index contributed by atoms with van der Waals surface area (Å²) in [6.07, 6.45) is 5.22. The highest BCUT2D eigenvalue weighted by Gasteiger charge is 2.39. The van der Waals surface area contributed by atoms with E-state index >= 15 is 0 Å². The van der Waals surface area contributed by atoms with Crippen LogP contribution in [-0.2, 0) is 0 Å². The van der Waals surface area contributed by atoms with Crippen LogP contribution in [0.4, 0.5) is 4.39 Å². The highest BCUT2D eigenvalue weighted by molar-refractivity contribution is 4.95. The summed E-state index contributed by atoms with van der Waals surface area (Å²) in [5, 5.41) is 0. The van der Waals surface area contributed by atoms with Gasteiger partial charge in [0.2, 0.25) is 0 Å². The molecule has 0 spiro atoms. The van der Waals surface area contributed by atoms with Crippen molar-refractivity contribution in [3.05, 3.63) is 0 Å². The third-order valence-electron chi connectivity index (χ3n) is 3.46. The van der Waals surface area contributed by atoms with Crippen molar-refractivity contribution in [1.29, 1.82) is 0 Å². The van der Waals surface area contributed by atoms with E-state index in [0.29, 0.717) is 12.3 Å². The lowest BCUT2D eigenvalue weighted by molar-refractivity contribution is 0.188. The van der Waals surface area contributed by atoms with Crippen molar-refractivity contribution in [2.45, 2.75) is 50.2 Å². The molecule has 3 aliphatic carbocycles. The first kappa shape index (κ1) is 7.53. The molecule has 3 saturated carbocycles. The number of halogens is 1. The van der Waals surface area contributed by atoms with Gasteiger partial charge in [-0.25, -0.2) is 4.39 Å². The fourth-order valence-corrected chi connectivity index (χ4v) is 2.49. The predicted octanol–water partition coefficient (Wildman–Crippen LogP) is 2.01. The van der Waals surface area contributed by atoms with E-state index in [1.807, 2.05) is 0 Å². The molecule has 1 nitrogen and oxygen atoms in total. The Hall–Kier alpha value is -0.110. The largest absolute Gasteiger partial charge is 0.325 e. The van der Waals surface area contributed by atoms with E-state index in [9.17, 15) is 4.39 Å². The second kappa shape index (κ2) is 2.44. The molecule has 1 unspecified atom stereocenters. The monoisotopic (exact) mass is 157 g/mol. The minimum absolute atomic E-state index is 0.0113. The number of hydrogen-bond donors (Lipinski definition) is 1. The SMILES string of the molecule is NC12CCC(F)C(CC1)CC2. The first-order valence-corrected chi connectivity index (χ1v) is 4.63. The van der Waals surface area contributed by atoms with E-state index in [1.54, 1.807) is 0 Å². The van der Waals surface area contributed by atoms with Gasteiger partial charge >= 0.3 is 0 Å². The van der Waals surface area contributed by atoms with Crippen LogP contribution in [0.5, 0.6) is 0 Å². The zero-order chi connectivity index (χ0) is 7.90. The van der Waals surface area contributed by atoms with Crippen molar-refractivity contribution in [1.82, 2.24) is 0 Å². The Morgan fingerprint density at radius 2 is 1.64 bits per heavy atom. The summed E-state index contributed by atoms with van der Waals surface area (Å²) in [5.74, 6) is 0.342. The van der Waals surface area contributed by atoms with Gasteiger partial charge in [0.15, 0.2) is 0 Å². The maximum absolute atomic E-state index is 13.2. The number of nitrogens with two attached hydrogens (primary N) is 1. The number of hydrogen-bond acceptors (Lipinski definition) is 1. The van der Waals surface area contributed by atoms with Gasteiger partial charge in [-0.2, -0.15) is 0 Å². The summed E-state index contributed by atoms with van der Waals surface area (Å²) in [6.45, 7) is 0. The van der Waals surface area contributed by atoms with Gasteiger partial charge in [-0.3, -0.25) is 0 Å². The molecule has 3 aliphatic rings. The van der Waals surface area contributed by atoms with Gasteiger partial charge in [-0.1, -0.05) is 0 Å². The first-order chi connectivity index (χ1) is 5.20. The molecule has 0 aromatic rings. The van der Waals surface area contributed by atoms with Crippen LogP contribution in [0.1, 0.15) is 38.5 Å². The zero-order valence-corrected chi connectivity index (χ0v) is 6.85. The molecule has 2 N–H and O–H groups in total. The molecule has 0 aromatic carbocycles. The van der Waals surface area contributed by atoms with Gasteiger partial charge in [0.25, 0.3) is 0 Å². The summed E-state index contributed by atoms with van der Waals surface area (Å²) in [4.78, 5) is 0. The van der Waals surface area contributed by atoms with Crippen LogP contribution in [0.3, 0.4) is 0 Å². The molecular formula is C9H16FN. The molecule has 3 rings (SSSR count). The lowest BCUT2D eigenvalue weighted by Crippen LogP contribution is -2.41. The summed E-state index contributed by atoms with van der Waals surface area (Å²) in [5.41, 5.74) is 6.10. The van der Waals surface area contributed by atoms with Gasteiger partial charge in [0.05, 0.1) is 0 Å². The minimum Gasteiger partial charge on any atom is -0.325 e. The topological polar surface area (TPSA) is 26.0 Å². The molecule has 64 valence electrons. The van der Waals surface area contributed by atoms with Crippen molar-refractivity contribution in [3.63, 3.8) is 0 Å². The molecule has 2 heteroatoms. The molecule has 0 aromatic heterocycles. The Balaban J connectivity index is 2.14. The van der Waals surface area contributed by atoms with Crippen molar-refractivity contribution in [3.8, 4) is 0 Å². The molecule has 1 atom stereocenters. The molecule has 2 bridgehead atoms. The van der Waals surface area contributed by atoms with Crippen molar-refractivity contribution < 1.29 is 4.39 Å². The standard InChI is InChI=1S/C9H16FN/c10-8-3-6-9(11)4-1-7(8)2-5-9/h7-8H,1-6,11H2. The lowest BCUT2D eigenvalue weighted by Gasteiger charge is -2.32. The van der Waals surface area contributed by atoms with E-state index in [-0.39, 0.29) is 5.54 Å². The average molecular weight is 157 g/mol. The van der Waals surface area contributed by atoms with Crippen LogP contribution in [0.25, 0.3) is 0 Å². The number of fused-ring (bicyclic) bond motifs is 4. The maximum atomic E-state index is 13.2. The average Bonchev–Trinajstić information content (AvgIpc) is 2.21. The number of alkyl halides is 1. The predicted molar refractivity (Wildman–Crippen MR) is 43.0 cm³/mol. The van der Waals surface area contributed by atoms with Crippen LogP contribution in [0, 0.1) is 5.92 Å². The first-order valence-electron chi connectivity index (χ1n) is 4.63. The molecule has 0 aliphatic heterocycles. The van der Waals surface area contributed by atoms with E-state index < -0.39 is 6.17 Å². The molecule has 11 heavy (non-hydrogen) atoms. The van der Waals surface area contributed by atoms with E-state index in [2.05, 4.69) is 0 Å². The second-order valence-electron chi connectivity index (χ2n) is 4.25. The van der Waals surface area contributed by atoms with Crippen LogP contribution in [-0.4, -0.2) is 11.7 Å². The van der Waals surface area contributed by atoms with E-state index in [0.717, 1.165) is 32.1 Å². The fourth-order valence-electron chi connectivity index (χ4n) is 2.49. The normalized spacial score (nSPS) is 50.7. The van der Waals surface area contributed by atoms with Gasteiger partial charge in [-0.15, -0.1) is 0 Å². The number of rotatable bonds is 0. The van der Waals surface area contributed by atoms with Crippen molar-refractivity contribution in [2.75, 3.05) is 0 Å². The summed E-state index contributed by atoms with van der Waals surface area (Å²) < 4.78 is 13.2. The van der Waals surface area contributed by atoms with Gasteiger partial charge in [-0.05, 0) is 44.4 Å². The Labute approximate surface area is 67.2 Å². The zero-order valence-electron chi connectivity index (χ0n) is 6.85. The Morgan fingerprint density at radius 3 is 2.27 bits per heavy atom. The maximum Gasteiger partial charge on any atom is 0.103 e. The molecule has 0 saturated heterocycles. The fraction of sp³-hybridized carbons (Fsp3) is 1.00. The highest BCUT2D eigenvalue weighted by atomic mass is 19.1. The molecule has 0 heterocycles. The van der Waals surface area contributed by atoms with Crippen molar-refractivity contribution in [2.24, 2.45) is 11.7 Å². The van der Waals surface area contributed by atoms with E-state index in [4.69, 9.17) is 5.73 Å². The smallest absolute Gasteiger partial charge is 0.103 e. The highest BCUT2D eigenvalue weighted by Crippen LogP contribution is 2.41. The summed E-state index contributed by atoms with van der Waals surface area (Å²) in [6, 6.07) is 0. The van der Waals surface area contributed by atoms with Crippen LogP contribution in [0.15, 0.2) is 0 Å². The molecule has 0 amide bonds. The Bertz CT molecular complexity index is 150. The third-order valence-corrected chi connectivity index (χ3v) is 3.46. The Kier molecular flexibility index (Phi) is 1.67. The van der Waals surface area contributed by atoms with Crippen LogP contribution >= 0.6 is 0 Å². The minimum atomic E-state index is -0.553. The third kappa shape index (κ3) is 1.28. The van der Waals surface area contributed by atoms with E-state index in [1.165, 1.54) is 0 Å². The van der Waals surface area contributed by atoms with Crippen LogP contribution < -0.4 is 5.73 Å². The van der Waals surface area contributed by atoms with Crippen LogP contribution in [0.2, 0.25) is 0 Å². The summed E-state index contributed by atoms with van der Waals surface area (Å²) >= 11 is 0.